The number of carbonyl (C=O) groups is 3. The molecule has 160 valence electrons. The van der Waals surface area contributed by atoms with Crippen molar-refractivity contribution in [1.29, 1.82) is 0 Å². The van der Waals surface area contributed by atoms with Crippen molar-refractivity contribution in [2.24, 2.45) is 5.92 Å². The van der Waals surface area contributed by atoms with Crippen LogP contribution >= 0.6 is 0 Å². The molecule has 1 atom stereocenters. The Labute approximate surface area is 176 Å². The van der Waals surface area contributed by atoms with Gasteiger partial charge in [0.1, 0.15) is 0 Å². The molecule has 0 spiro atoms. The van der Waals surface area contributed by atoms with Gasteiger partial charge in [0.25, 0.3) is 5.91 Å². The molecule has 7 heteroatoms. The van der Waals surface area contributed by atoms with E-state index in [1.165, 1.54) is 14.0 Å². The zero-order valence-corrected chi connectivity index (χ0v) is 17.5. The predicted octanol–water partition coefficient (Wildman–Crippen LogP) is 2.81. The number of amides is 1. The summed E-state index contributed by atoms with van der Waals surface area (Å²) in [6.07, 6.45) is 0.459. The summed E-state index contributed by atoms with van der Waals surface area (Å²) in [5.74, 6) is -0.617. The second kappa shape index (κ2) is 11.6. The maximum Gasteiger partial charge on any atom is 0.311 e. The van der Waals surface area contributed by atoms with Gasteiger partial charge in [-0.05, 0) is 44.0 Å². The molecule has 2 aromatic rings. The lowest BCUT2D eigenvalue weighted by Crippen LogP contribution is -2.37. The van der Waals surface area contributed by atoms with E-state index in [1.54, 1.807) is 25.1 Å². The molecule has 0 heterocycles. The van der Waals surface area contributed by atoms with Crippen molar-refractivity contribution in [2.45, 2.75) is 20.3 Å². The quantitative estimate of drug-likeness (QED) is 0.450. The Balaban J connectivity index is 1.93. The number of methoxy groups -OCH3 is 1. The number of hydrogen-bond acceptors (Lipinski definition) is 6. The van der Waals surface area contributed by atoms with E-state index in [-0.39, 0.29) is 37.4 Å². The standard InChI is InChI=1S/C23H27NO6/c1-4-29-23(27)19(12-17-8-6-5-7-9-17)14-24-22(26)15-30-20-11-10-18(16(2)25)13-21(20)28-3/h5-11,13,19H,4,12,14-15H2,1-3H3,(H,24,26). The zero-order chi connectivity index (χ0) is 21.9. The SMILES string of the molecule is CCOC(=O)C(CNC(=O)COc1ccc(C(C)=O)cc1OC)Cc1ccccc1. The molecule has 0 aliphatic heterocycles. The zero-order valence-electron chi connectivity index (χ0n) is 17.5. The van der Waals surface area contributed by atoms with Crippen LogP contribution in [0.5, 0.6) is 11.5 Å². The highest BCUT2D eigenvalue weighted by Gasteiger charge is 2.21. The van der Waals surface area contributed by atoms with E-state index in [0.29, 0.717) is 23.5 Å². The van der Waals surface area contributed by atoms with E-state index >= 15 is 0 Å². The highest BCUT2D eigenvalue weighted by atomic mass is 16.5. The minimum atomic E-state index is -0.499. The van der Waals surface area contributed by atoms with Gasteiger partial charge in [-0.3, -0.25) is 14.4 Å². The van der Waals surface area contributed by atoms with Crippen LogP contribution in [-0.2, 0) is 20.7 Å². The Morgan fingerprint density at radius 1 is 1.03 bits per heavy atom. The second-order valence-electron chi connectivity index (χ2n) is 6.65. The molecule has 0 aliphatic carbocycles. The third-order valence-corrected chi connectivity index (χ3v) is 4.42. The summed E-state index contributed by atoms with van der Waals surface area (Å²) in [6, 6.07) is 14.3. The Morgan fingerprint density at radius 3 is 2.40 bits per heavy atom. The van der Waals surface area contributed by atoms with Gasteiger partial charge in [-0.2, -0.15) is 0 Å². The van der Waals surface area contributed by atoms with E-state index in [1.807, 2.05) is 30.3 Å². The fourth-order valence-electron chi connectivity index (χ4n) is 2.83. The topological polar surface area (TPSA) is 90.9 Å². The predicted molar refractivity (Wildman–Crippen MR) is 112 cm³/mol. The second-order valence-corrected chi connectivity index (χ2v) is 6.65. The number of hydrogen-bond donors (Lipinski definition) is 1. The molecule has 0 aliphatic rings. The monoisotopic (exact) mass is 413 g/mol. The number of ketones is 1. The van der Waals surface area contributed by atoms with Gasteiger partial charge in [0.2, 0.25) is 0 Å². The first-order valence-corrected chi connectivity index (χ1v) is 9.73. The molecule has 1 N–H and O–H groups in total. The molecule has 1 unspecified atom stereocenters. The van der Waals surface area contributed by atoms with Crippen molar-refractivity contribution in [3.63, 3.8) is 0 Å². The molecule has 0 bridgehead atoms. The number of Topliss-reactive ketones (excluding diaryl/α,β-unsaturated/α-hetero) is 1. The number of esters is 1. The number of rotatable bonds is 11. The summed E-state index contributed by atoms with van der Waals surface area (Å²) in [4.78, 5) is 36.0. The van der Waals surface area contributed by atoms with E-state index in [4.69, 9.17) is 14.2 Å². The van der Waals surface area contributed by atoms with Crippen LogP contribution in [0.2, 0.25) is 0 Å². The van der Waals surface area contributed by atoms with Crippen molar-refractivity contribution in [3.05, 3.63) is 59.7 Å². The molecular weight excluding hydrogens is 386 g/mol. The van der Waals surface area contributed by atoms with Gasteiger partial charge in [0, 0.05) is 12.1 Å². The molecule has 0 aromatic heterocycles. The van der Waals surface area contributed by atoms with Gasteiger partial charge >= 0.3 is 5.97 Å². The Bertz CT molecular complexity index is 865. The molecule has 2 aromatic carbocycles. The average molecular weight is 413 g/mol. The molecular formula is C23H27NO6. The highest BCUT2D eigenvalue weighted by Crippen LogP contribution is 2.28. The number of carbonyl (C=O) groups excluding carboxylic acids is 3. The summed E-state index contributed by atoms with van der Waals surface area (Å²) in [5.41, 5.74) is 1.47. The van der Waals surface area contributed by atoms with Crippen LogP contribution in [0, 0.1) is 5.92 Å². The molecule has 0 saturated carbocycles. The fourth-order valence-corrected chi connectivity index (χ4v) is 2.83. The van der Waals surface area contributed by atoms with Crippen LogP contribution in [-0.4, -0.2) is 44.5 Å². The van der Waals surface area contributed by atoms with Crippen molar-refractivity contribution in [1.82, 2.24) is 5.32 Å². The summed E-state index contributed by atoms with van der Waals surface area (Å²) >= 11 is 0. The largest absolute Gasteiger partial charge is 0.493 e. The molecule has 0 fully saturated rings. The van der Waals surface area contributed by atoms with Crippen molar-refractivity contribution >= 4 is 17.7 Å². The minimum Gasteiger partial charge on any atom is -0.493 e. The van der Waals surface area contributed by atoms with Gasteiger partial charge in [0.05, 0.1) is 19.6 Å². The summed E-state index contributed by atoms with van der Waals surface area (Å²) < 4.78 is 15.9. The number of ether oxygens (including phenoxy) is 3. The normalized spacial score (nSPS) is 11.3. The van der Waals surface area contributed by atoms with E-state index in [2.05, 4.69) is 5.32 Å². The number of benzene rings is 2. The molecule has 2 rings (SSSR count). The maximum atomic E-state index is 12.3. The first-order valence-electron chi connectivity index (χ1n) is 9.73. The van der Waals surface area contributed by atoms with Gasteiger partial charge in [-0.1, -0.05) is 30.3 Å². The smallest absolute Gasteiger partial charge is 0.311 e. The third kappa shape index (κ3) is 6.92. The minimum absolute atomic E-state index is 0.0963. The van der Waals surface area contributed by atoms with Crippen LogP contribution in [0.15, 0.2) is 48.5 Å². The Morgan fingerprint density at radius 2 is 1.77 bits per heavy atom. The van der Waals surface area contributed by atoms with E-state index in [0.717, 1.165) is 5.56 Å². The van der Waals surface area contributed by atoms with E-state index in [9.17, 15) is 14.4 Å². The van der Waals surface area contributed by atoms with Crippen LogP contribution in [0.3, 0.4) is 0 Å². The molecule has 0 radical (unpaired) electrons. The van der Waals surface area contributed by atoms with E-state index < -0.39 is 5.92 Å². The lowest BCUT2D eigenvalue weighted by atomic mass is 9.99. The number of nitrogens with one attached hydrogen (secondary N) is 1. The van der Waals surface area contributed by atoms with Crippen LogP contribution < -0.4 is 14.8 Å². The summed E-state index contributed by atoms with van der Waals surface area (Å²) in [5, 5.41) is 2.72. The Kier molecular flexibility index (Phi) is 8.87. The van der Waals surface area contributed by atoms with Gasteiger partial charge in [0.15, 0.2) is 23.9 Å². The fraction of sp³-hybridized carbons (Fsp3) is 0.348. The molecule has 7 nitrogen and oxygen atoms in total. The van der Waals surface area contributed by atoms with Gasteiger partial charge in [-0.15, -0.1) is 0 Å². The lowest BCUT2D eigenvalue weighted by Gasteiger charge is -2.17. The molecule has 30 heavy (non-hydrogen) atoms. The van der Waals surface area contributed by atoms with Crippen molar-refractivity contribution in [3.8, 4) is 11.5 Å². The van der Waals surface area contributed by atoms with Crippen molar-refractivity contribution < 1.29 is 28.6 Å². The average Bonchev–Trinajstić information content (AvgIpc) is 2.75. The molecule has 1 amide bonds. The Hall–Kier alpha value is -3.35. The first kappa shape index (κ1) is 22.9. The van der Waals surface area contributed by atoms with Crippen molar-refractivity contribution in [2.75, 3.05) is 26.9 Å². The van der Waals surface area contributed by atoms with Gasteiger partial charge in [-0.25, -0.2) is 0 Å². The van der Waals surface area contributed by atoms with Crippen LogP contribution in [0.1, 0.15) is 29.8 Å². The highest BCUT2D eigenvalue weighted by molar-refractivity contribution is 5.94. The van der Waals surface area contributed by atoms with Crippen LogP contribution in [0.4, 0.5) is 0 Å². The third-order valence-electron chi connectivity index (χ3n) is 4.42. The van der Waals surface area contributed by atoms with Crippen LogP contribution in [0.25, 0.3) is 0 Å². The summed E-state index contributed by atoms with van der Waals surface area (Å²) in [6.45, 7) is 3.36. The first-order chi connectivity index (χ1) is 14.4. The van der Waals surface area contributed by atoms with Gasteiger partial charge < -0.3 is 19.5 Å². The summed E-state index contributed by atoms with van der Waals surface area (Å²) in [7, 11) is 1.46. The lowest BCUT2D eigenvalue weighted by molar-refractivity contribution is -0.147. The maximum absolute atomic E-state index is 12.3. The molecule has 0 saturated heterocycles.